The smallest absolute Gasteiger partial charge is 0.245 e. The van der Waals surface area contributed by atoms with Crippen molar-refractivity contribution in [3.63, 3.8) is 0 Å². The van der Waals surface area contributed by atoms with Gasteiger partial charge in [-0.2, -0.15) is 0 Å². The molecule has 0 aromatic heterocycles. The van der Waals surface area contributed by atoms with Crippen LogP contribution in [0.2, 0.25) is 5.02 Å². The molecule has 2 rings (SSSR count). The molecule has 2 atom stereocenters. The van der Waals surface area contributed by atoms with Crippen LogP contribution in [0, 0.1) is 0 Å². The number of hydrogen-bond donors (Lipinski definition) is 2. The number of ether oxygens (including phenoxy) is 1. The molecule has 0 saturated carbocycles. The Morgan fingerprint density at radius 1 is 1.20 bits per heavy atom. The van der Waals surface area contributed by atoms with Crippen LogP contribution in [0.15, 0.2) is 53.0 Å². The second-order valence-corrected chi connectivity index (χ2v) is 7.07. The maximum Gasteiger partial charge on any atom is 0.245 e. The van der Waals surface area contributed by atoms with E-state index in [0.29, 0.717) is 18.1 Å². The lowest BCUT2D eigenvalue weighted by Crippen LogP contribution is -2.31. The van der Waals surface area contributed by atoms with Gasteiger partial charge in [0.05, 0.1) is 12.5 Å². The van der Waals surface area contributed by atoms with Gasteiger partial charge in [0, 0.05) is 22.0 Å². The Morgan fingerprint density at radius 2 is 1.84 bits per heavy atom. The van der Waals surface area contributed by atoms with Gasteiger partial charge in [-0.25, -0.2) is 5.48 Å². The highest BCUT2D eigenvalue weighted by Gasteiger charge is 2.26. The van der Waals surface area contributed by atoms with Crippen LogP contribution >= 0.6 is 27.5 Å². The molecule has 134 valence electrons. The summed E-state index contributed by atoms with van der Waals surface area (Å²) in [6.07, 6.45) is 0.426. The predicted octanol–water partition coefficient (Wildman–Crippen LogP) is 4.73. The molecular weight excluding hydrogens is 406 g/mol. The van der Waals surface area contributed by atoms with Crippen molar-refractivity contribution in [1.29, 1.82) is 0 Å². The third kappa shape index (κ3) is 6.12. The van der Waals surface area contributed by atoms with E-state index in [1.807, 2.05) is 55.5 Å². The number of benzene rings is 2. The van der Waals surface area contributed by atoms with Crippen molar-refractivity contribution >= 4 is 33.4 Å². The molecule has 0 radical (unpaired) electrons. The van der Waals surface area contributed by atoms with Crippen LogP contribution in [0.3, 0.4) is 0 Å². The molecule has 0 spiro atoms. The SMILES string of the molecule is CCO[C@H](CC(=O)NO)C(Cc1ccc(Cl)cc1)c1ccc(Br)cc1. The number of nitrogens with one attached hydrogen (secondary N) is 1. The molecule has 1 amide bonds. The number of rotatable bonds is 8. The zero-order valence-corrected chi connectivity index (χ0v) is 16.3. The van der Waals surface area contributed by atoms with Crippen molar-refractivity contribution in [3.05, 3.63) is 69.2 Å². The summed E-state index contributed by atoms with van der Waals surface area (Å²) >= 11 is 9.42. The van der Waals surface area contributed by atoms with Crippen LogP contribution in [0.1, 0.15) is 30.4 Å². The Labute approximate surface area is 161 Å². The highest BCUT2D eigenvalue weighted by Crippen LogP contribution is 2.30. The third-order valence-electron chi connectivity index (χ3n) is 4.01. The van der Waals surface area contributed by atoms with E-state index in [9.17, 15) is 4.79 Å². The fourth-order valence-corrected chi connectivity index (χ4v) is 3.20. The minimum atomic E-state index is -0.461. The zero-order valence-electron chi connectivity index (χ0n) is 13.9. The Balaban J connectivity index is 2.32. The summed E-state index contributed by atoms with van der Waals surface area (Å²) in [5, 5.41) is 9.57. The molecule has 25 heavy (non-hydrogen) atoms. The van der Waals surface area contributed by atoms with Crippen LogP contribution in [0.4, 0.5) is 0 Å². The lowest BCUT2D eigenvalue weighted by Gasteiger charge is -2.27. The number of hydroxylamine groups is 1. The zero-order chi connectivity index (χ0) is 18.2. The number of amides is 1. The second-order valence-electron chi connectivity index (χ2n) is 5.72. The summed E-state index contributed by atoms with van der Waals surface area (Å²) < 4.78 is 6.84. The number of carbonyl (C=O) groups is 1. The van der Waals surface area contributed by atoms with Crippen molar-refractivity contribution in [2.24, 2.45) is 0 Å². The molecule has 2 aromatic carbocycles. The van der Waals surface area contributed by atoms with E-state index in [2.05, 4.69) is 15.9 Å². The molecule has 4 nitrogen and oxygen atoms in total. The largest absolute Gasteiger partial charge is 0.377 e. The van der Waals surface area contributed by atoms with Gasteiger partial charge < -0.3 is 4.74 Å². The average molecular weight is 427 g/mol. The molecule has 6 heteroatoms. The van der Waals surface area contributed by atoms with E-state index in [1.54, 1.807) is 5.48 Å². The molecule has 2 aromatic rings. The van der Waals surface area contributed by atoms with Crippen molar-refractivity contribution in [2.45, 2.75) is 31.8 Å². The maximum atomic E-state index is 11.7. The minimum absolute atomic E-state index is 0.0356. The van der Waals surface area contributed by atoms with E-state index in [-0.39, 0.29) is 18.4 Å². The quantitative estimate of drug-likeness (QED) is 0.474. The van der Waals surface area contributed by atoms with Crippen LogP contribution in [0.25, 0.3) is 0 Å². The normalized spacial score (nSPS) is 13.3. The highest BCUT2D eigenvalue weighted by atomic mass is 79.9. The van der Waals surface area contributed by atoms with E-state index in [0.717, 1.165) is 15.6 Å². The van der Waals surface area contributed by atoms with Crippen LogP contribution in [-0.2, 0) is 16.0 Å². The Kier molecular flexibility index (Phi) is 7.90. The van der Waals surface area contributed by atoms with Crippen LogP contribution in [-0.4, -0.2) is 23.8 Å². The Hall–Kier alpha value is -1.40. The van der Waals surface area contributed by atoms with E-state index < -0.39 is 5.91 Å². The molecule has 0 aliphatic carbocycles. The second kappa shape index (κ2) is 9.92. The van der Waals surface area contributed by atoms with E-state index in [1.165, 1.54) is 0 Å². The third-order valence-corrected chi connectivity index (χ3v) is 4.79. The summed E-state index contributed by atoms with van der Waals surface area (Å²) in [5.74, 6) is -0.497. The highest BCUT2D eigenvalue weighted by molar-refractivity contribution is 9.10. The van der Waals surface area contributed by atoms with E-state index in [4.69, 9.17) is 21.5 Å². The van der Waals surface area contributed by atoms with Crippen LogP contribution in [0.5, 0.6) is 0 Å². The molecular formula is C19H21BrClNO3. The molecule has 0 aliphatic heterocycles. The maximum absolute atomic E-state index is 11.7. The topological polar surface area (TPSA) is 58.6 Å². The van der Waals surface area contributed by atoms with Crippen molar-refractivity contribution in [3.8, 4) is 0 Å². The summed E-state index contributed by atoms with van der Waals surface area (Å²) in [6, 6.07) is 15.6. The first kappa shape index (κ1) is 19.9. The van der Waals surface area contributed by atoms with Gasteiger partial charge in [-0.3, -0.25) is 10.0 Å². The van der Waals surface area contributed by atoms with Gasteiger partial charge in [0.25, 0.3) is 0 Å². The van der Waals surface area contributed by atoms with Crippen molar-refractivity contribution in [2.75, 3.05) is 6.61 Å². The van der Waals surface area contributed by atoms with Gasteiger partial charge in [-0.05, 0) is 48.7 Å². The van der Waals surface area contributed by atoms with Gasteiger partial charge >= 0.3 is 0 Å². The molecule has 1 unspecified atom stereocenters. The monoisotopic (exact) mass is 425 g/mol. The van der Waals surface area contributed by atoms with Gasteiger partial charge in [0.2, 0.25) is 5.91 Å². The molecule has 0 aliphatic rings. The van der Waals surface area contributed by atoms with Gasteiger partial charge in [-0.1, -0.05) is 51.8 Å². The first-order valence-electron chi connectivity index (χ1n) is 8.08. The first-order valence-corrected chi connectivity index (χ1v) is 9.25. The number of hydrogen-bond acceptors (Lipinski definition) is 3. The summed E-state index contributed by atoms with van der Waals surface area (Å²) in [5.41, 5.74) is 3.87. The fraction of sp³-hybridized carbons (Fsp3) is 0.316. The Morgan fingerprint density at radius 3 is 2.40 bits per heavy atom. The minimum Gasteiger partial charge on any atom is -0.377 e. The average Bonchev–Trinajstić information content (AvgIpc) is 2.61. The summed E-state index contributed by atoms with van der Waals surface area (Å²) in [7, 11) is 0. The van der Waals surface area contributed by atoms with Crippen LogP contribution < -0.4 is 5.48 Å². The molecule has 2 N–H and O–H groups in total. The van der Waals surface area contributed by atoms with Gasteiger partial charge in [-0.15, -0.1) is 0 Å². The summed E-state index contributed by atoms with van der Waals surface area (Å²) in [4.78, 5) is 11.7. The molecule has 0 saturated heterocycles. The van der Waals surface area contributed by atoms with E-state index >= 15 is 0 Å². The lowest BCUT2D eigenvalue weighted by molar-refractivity contribution is -0.132. The van der Waals surface area contributed by atoms with Crippen molar-refractivity contribution in [1.82, 2.24) is 5.48 Å². The fourth-order valence-electron chi connectivity index (χ4n) is 2.81. The molecule has 0 fully saturated rings. The number of halogens is 2. The predicted molar refractivity (Wildman–Crippen MR) is 102 cm³/mol. The first-order chi connectivity index (χ1) is 12.0. The number of carbonyl (C=O) groups excluding carboxylic acids is 1. The molecule has 0 bridgehead atoms. The Bertz CT molecular complexity index is 676. The molecule has 0 heterocycles. The standard InChI is InChI=1S/C19H21BrClNO3/c1-2-25-18(12-19(23)22-24)17(14-5-7-15(20)8-6-14)11-13-3-9-16(21)10-4-13/h3-10,17-18,24H,2,11-12H2,1H3,(H,22,23)/t17?,18-/m1/s1. The lowest BCUT2D eigenvalue weighted by atomic mass is 9.85. The van der Waals surface area contributed by atoms with Gasteiger partial charge in [0.15, 0.2) is 0 Å². The van der Waals surface area contributed by atoms with Gasteiger partial charge in [0.1, 0.15) is 0 Å². The summed E-state index contributed by atoms with van der Waals surface area (Å²) in [6.45, 7) is 2.38. The van der Waals surface area contributed by atoms with Crippen molar-refractivity contribution < 1.29 is 14.7 Å².